The normalized spacial score (nSPS) is 16.7. The summed E-state index contributed by atoms with van der Waals surface area (Å²) in [4.78, 5) is 19.2. The molecule has 162 valence electrons. The van der Waals surface area contributed by atoms with Crippen molar-refractivity contribution in [3.8, 4) is 0 Å². The smallest absolute Gasteiger partial charge is 0.251 e. The molecule has 3 N–H and O–H groups in total. The van der Waals surface area contributed by atoms with Gasteiger partial charge in [-0.25, -0.2) is 0 Å². The summed E-state index contributed by atoms with van der Waals surface area (Å²) >= 11 is 0. The lowest BCUT2D eigenvalue weighted by atomic mass is 10.1. The van der Waals surface area contributed by atoms with Crippen LogP contribution in [0.3, 0.4) is 0 Å². The van der Waals surface area contributed by atoms with Crippen molar-refractivity contribution >= 4 is 11.9 Å². The second-order valence-corrected chi connectivity index (χ2v) is 7.95. The summed E-state index contributed by atoms with van der Waals surface area (Å²) in [6, 6.07) is 7.94. The predicted molar refractivity (Wildman–Crippen MR) is 121 cm³/mol. The zero-order valence-electron chi connectivity index (χ0n) is 18.5. The van der Waals surface area contributed by atoms with Crippen LogP contribution in [0.25, 0.3) is 0 Å². The summed E-state index contributed by atoms with van der Waals surface area (Å²) in [5.74, 6) is 0.785. The Morgan fingerprint density at radius 2 is 1.93 bits per heavy atom. The highest BCUT2D eigenvalue weighted by Crippen LogP contribution is 2.09. The third-order valence-corrected chi connectivity index (χ3v) is 5.50. The number of hydrogen-bond donors (Lipinski definition) is 3. The first kappa shape index (κ1) is 23.2. The fraction of sp³-hybridized carbons (Fsp3) is 0.652. The molecular formula is C23H39N5O. The molecule has 1 saturated heterocycles. The number of rotatable bonds is 9. The quantitative estimate of drug-likeness (QED) is 0.338. The monoisotopic (exact) mass is 401 g/mol. The van der Waals surface area contributed by atoms with Gasteiger partial charge >= 0.3 is 0 Å². The van der Waals surface area contributed by atoms with E-state index in [-0.39, 0.29) is 11.9 Å². The molecule has 6 heteroatoms. The van der Waals surface area contributed by atoms with Crippen LogP contribution in [0.1, 0.15) is 68.3 Å². The molecule has 1 atom stereocenters. The molecule has 1 aromatic rings. The van der Waals surface area contributed by atoms with Crippen molar-refractivity contribution in [2.75, 3.05) is 33.2 Å². The number of guanidine groups is 1. The molecule has 0 bridgehead atoms. The minimum absolute atomic E-state index is 0.0165. The molecular weight excluding hydrogens is 362 g/mol. The van der Waals surface area contributed by atoms with E-state index in [1.54, 1.807) is 7.05 Å². The molecule has 1 aliphatic heterocycles. The number of likely N-dealkylation sites (tertiary alicyclic amines) is 1. The SMILES string of the molecule is CCC(C)NC(=O)c1cccc(CNC(=NC)NCCCN2CCCCCC2)c1. The molecule has 1 aromatic carbocycles. The summed E-state index contributed by atoms with van der Waals surface area (Å²) in [6.45, 7) is 9.27. The summed E-state index contributed by atoms with van der Waals surface area (Å²) in [5, 5.41) is 9.76. The highest BCUT2D eigenvalue weighted by atomic mass is 16.1. The highest BCUT2D eigenvalue weighted by molar-refractivity contribution is 5.94. The third-order valence-electron chi connectivity index (χ3n) is 5.50. The van der Waals surface area contributed by atoms with Crippen LogP contribution >= 0.6 is 0 Å². The van der Waals surface area contributed by atoms with Crippen LogP contribution in [0, 0.1) is 0 Å². The molecule has 0 saturated carbocycles. The first-order chi connectivity index (χ1) is 14.1. The Hall–Kier alpha value is -2.08. The van der Waals surface area contributed by atoms with E-state index < -0.39 is 0 Å². The molecule has 29 heavy (non-hydrogen) atoms. The van der Waals surface area contributed by atoms with Crippen LogP contribution in [0.2, 0.25) is 0 Å². The Bertz CT molecular complexity index is 638. The summed E-state index contributed by atoms with van der Waals surface area (Å²) in [7, 11) is 1.79. The number of aliphatic imine (C=N–C) groups is 1. The number of amides is 1. The van der Waals surface area contributed by atoms with E-state index in [0.29, 0.717) is 12.1 Å². The van der Waals surface area contributed by atoms with Crippen LogP contribution in [-0.2, 0) is 6.54 Å². The van der Waals surface area contributed by atoms with Gasteiger partial charge in [0.25, 0.3) is 5.91 Å². The van der Waals surface area contributed by atoms with Crippen LogP contribution in [-0.4, -0.2) is 56.0 Å². The fourth-order valence-electron chi connectivity index (χ4n) is 3.51. The van der Waals surface area contributed by atoms with Crippen LogP contribution in [0.15, 0.2) is 29.3 Å². The first-order valence-corrected chi connectivity index (χ1v) is 11.2. The van der Waals surface area contributed by atoms with Gasteiger partial charge in [-0.3, -0.25) is 9.79 Å². The van der Waals surface area contributed by atoms with Crippen molar-refractivity contribution < 1.29 is 4.79 Å². The summed E-state index contributed by atoms with van der Waals surface area (Å²) < 4.78 is 0. The van der Waals surface area contributed by atoms with Gasteiger partial charge in [0.2, 0.25) is 0 Å². The van der Waals surface area contributed by atoms with Crippen molar-refractivity contribution in [2.24, 2.45) is 4.99 Å². The van der Waals surface area contributed by atoms with Gasteiger partial charge in [-0.2, -0.15) is 0 Å². The largest absolute Gasteiger partial charge is 0.356 e. The predicted octanol–water partition coefficient (Wildman–Crippen LogP) is 3.15. The highest BCUT2D eigenvalue weighted by Gasteiger charge is 2.10. The van der Waals surface area contributed by atoms with Crippen LogP contribution in [0.5, 0.6) is 0 Å². The molecule has 0 aliphatic carbocycles. The lowest BCUT2D eigenvalue weighted by Crippen LogP contribution is -2.38. The number of carbonyl (C=O) groups excluding carboxylic acids is 1. The maximum atomic E-state index is 12.3. The second-order valence-electron chi connectivity index (χ2n) is 7.95. The summed E-state index contributed by atoms with van der Waals surface area (Å²) in [5.41, 5.74) is 1.76. The Kier molecular flexibility index (Phi) is 10.6. The van der Waals surface area contributed by atoms with Gasteiger partial charge in [0, 0.05) is 31.7 Å². The van der Waals surface area contributed by atoms with E-state index in [1.807, 2.05) is 31.2 Å². The van der Waals surface area contributed by atoms with Crippen LogP contribution in [0.4, 0.5) is 0 Å². The Labute approximate surface area is 176 Å². The molecule has 1 fully saturated rings. The molecule has 1 amide bonds. The molecule has 6 nitrogen and oxygen atoms in total. The maximum absolute atomic E-state index is 12.3. The van der Waals surface area contributed by atoms with E-state index >= 15 is 0 Å². The minimum Gasteiger partial charge on any atom is -0.356 e. The zero-order valence-corrected chi connectivity index (χ0v) is 18.5. The van der Waals surface area contributed by atoms with E-state index in [0.717, 1.165) is 37.5 Å². The van der Waals surface area contributed by atoms with Crippen molar-refractivity contribution in [1.29, 1.82) is 0 Å². The lowest BCUT2D eigenvalue weighted by molar-refractivity contribution is 0.0939. The Morgan fingerprint density at radius 1 is 1.17 bits per heavy atom. The number of hydrogen-bond acceptors (Lipinski definition) is 3. The van der Waals surface area contributed by atoms with Crippen molar-refractivity contribution in [3.63, 3.8) is 0 Å². The maximum Gasteiger partial charge on any atom is 0.251 e. The van der Waals surface area contributed by atoms with Gasteiger partial charge in [-0.05, 0) is 69.9 Å². The molecule has 1 heterocycles. The zero-order chi connectivity index (χ0) is 20.9. The minimum atomic E-state index is -0.0165. The topological polar surface area (TPSA) is 68.8 Å². The number of nitrogens with zero attached hydrogens (tertiary/aromatic N) is 2. The van der Waals surface area contributed by atoms with Gasteiger partial charge in [-0.1, -0.05) is 31.9 Å². The van der Waals surface area contributed by atoms with Crippen molar-refractivity contribution in [2.45, 2.75) is 65.0 Å². The number of nitrogens with one attached hydrogen (secondary N) is 3. The number of carbonyl (C=O) groups is 1. The van der Waals surface area contributed by atoms with Crippen molar-refractivity contribution in [1.82, 2.24) is 20.9 Å². The number of benzene rings is 1. The van der Waals surface area contributed by atoms with E-state index in [9.17, 15) is 4.79 Å². The second kappa shape index (κ2) is 13.2. The van der Waals surface area contributed by atoms with Gasteiger partial charge in [0.05, 0.1) is 0 Å². The third kappa shape index (κ3) is 8.86. The lowest BCUT2D eigenvalue weighted by Gasteiger charge is -2.20. The standard InChI is InChI=1S/C23H39N5O/c1-4-19(2)27-22(29)21-12-9-11-20(17-21)18-26-23(24-3)25-13-10-16-28-14-7-5-6-8-15-28/h9,11-12,17,19H,4-8,10,13-16,18H2,1-3H3,(H,27,29)(H2,24,25,26). The Balaban J connectivity index is 1.73. The van der Waals surface area contributed by atoms with Gasteiger partial charge in [0.1, 0.15) is 0 Å². The average Bonchev–Trinajstić information content (AvgIpc) is 3.02. The van der Waals surface area contributed by atoms with Gasteiger partial charge < -0.3 is 20.9 Å². The van der Waals surface area contributed by atoms with Crippen molar-refractivity contribution in [3.05, 3.63) is 35.4 Å². The first-order valence-electron chi connectivity index (χ1n) is 11.2. The molecule has 0 spiro atoms. The molecule has 0 radical (unpaired) electrons. The molecule has 2 rings (SSSR count). The van der Waals surface area contributed by atoms with Gasteiger partial charge in [0.15, 0.2) is 5.96 Å². The van der Waals surface area contributed by atoms with E-state index in [2.05, 4.69) is 32.8 Å². The Morgan fingerprint density at radius 3 is 2.62 bits per heavy atom. The fourth-order valence-corrected chi connectivity index (χ4v) is 3.51. The van der Waals surface area contributed by atoms with E-state index in [1.165, 1.54) is 38.8 Å². The van der Waals surface area contributed by atoms with Gasteiger partial charge in [-0.15, -0.1) is 0 Å². The molecule has 1 aliphatic rings. The average molecular weight is 402 g/mol. The van der Waals surface area contributed by atoms with E-state index in [4.69, 9.17) is 0 Å². The molecule has 1 unspecified atom stereocenters. The molecule has 0 aromatic heterocycles. The summed E-state index contributed by atoms with van der Waals surface area (Å²) in [6.07, 6.45) is 7.48. The van der Waals surface area contributed by atoms with Crippen LogP contribution < -0.4 is 16.0 Å².